The molecule has 2 aromatic heterocycles. The topological polar surface area (TPSA) is 70.9 Å². The van der Waals surface area contributed by atoms with E-state index in [2.05, 4.69) is 30.2 Å². The minimum atomic E-state index is -0.284. The number of anilines is 1. The first-order valence-electron chi connectivity index (χ1n) is 11.4. The third-order valence-corrected chi connectivity index (χ3v) is 6.48. The van der Waals surface area contributed by atoms with E-state index in [1.807, 2.05) is 18.2 Å². The smallest absolute Gasteiger partial charge is 0.126 e. The van der Waals surface area contributed by atoms with Crippen LogP contribution in [0.15, 0.2) is 54.7 Å². The SMILES string of the molecule is Cc1cc2nc(-c3ccc(F)cc3)c(-c3ccnc(NC4CCC(O)CC4)c3)nc2cc1C. The summed E-state index contributed by atoms with van der Waals surface area (Å²) in [5, 5.41) is 13.3. The molecule has 5 nitrogen and oxygen atoms in total. The van der Waals surface area contributed by atoms with Crippen LogP contribution in [0, 0.1) is 19.7 Å². The van der Waals surface area contributed by atoms with E-state index in [9.17, 15) is 9.50 Å². The first-order valence-corrected chi connectivity index (χ1v) is 11.4. The molecular weight excluding hydrogens is 415 g/mol. The number of aliphatic hydroxyl groups is 1. The predicted molar refractivity (Wildman–Crippen MR) is 130 cm³/mol. The Labute approximate surface area is 192 Å². The minimum Gasteiger partial charge on any atom is -0.393 e. The maximum Gasteiger partial charge on any atom is 0.126 e. The zero-order chi connectivity index (χ0) is 22.9. The Morgan fingerprint density at radius 3 is 2.06 bits per heavy atom. The molecule has 0 saturated heterocycles. The highest BCUT2D eigenvalue weighted by Crippen LogP contribution is 2.33. The monoisotopic (exact) mass is 442 g/mol. The van der Waals surface area contributed by atoms with Crippen molar-refractivity contribution < 1.29 is 9.50 Å². The molecule has 1 saturated carbocycles. The van der Waals surface area contributed by atoms with E-state index in [1.54, 1.807) is 18.3 Å². The summed E-state index contributed by atoms with van der Waals surface area (Å²) in [6.07, 6.45) is 5.03. The molecule has 0 amide bonds. The van der Waals surface area contributed by atoms with Gasteiger partial charge < -0.3 is 10.4 Å². The van der Waals surface area contributed by atoms with E-state index in [-0.39, 0.29) is 11.9 Å². The summed E-state index contributed by atoms with van der Waals surface area (Å²) in [4.78, 5) is 14.5. The molecule has 0 bridgehead atoms. The van der Waals surface area contributed by atoms with Gasteiger partial charge in [-0.05, 0) is 99.2 Å². The number of rotatable bonds is 4. The van der Waals surface area contributed by atoms with Crippen molar-refractivity contribution in [2.45, 2.75) is 51.7 Å². The van der Waals surface area contributed by atoms with Gasteiger partial charge in [0.15, 0.2) is 0 Å². The number of aliphatic hydroxyl groups excluding tert-OH is 1. The lowest BCUT2D eigenvalue weighted by Gasteiger charge is -2.26. The highest BCUT2D eigenvalue weighted by molar-refractivity contribution is 5.87. The second-order valence-electron chi connectivity index (χ2n) is 8.93. The quantitative estimate of drug-likeness (QED) is 0.416. The Morgan fingerprint density at radius 2 is 1.42 bits per heavy atom. The first kappa shape index (κ1) is 21.5. The van der Waals surface area contributed by atoms with Gasteiger partial charge in [-0.3, -0.25) is 0 Å². The van der Waals surface area contributed by atoms with E-state index < -0.39 is 0 Å². The van der Waals surface area contributed by atoms with Crippen LogP contribution in [0.3, 0.4) is 0 Å². The van der Waals surface area contributed by atoms with Crippen LogP contribution < -0.4 is 5.32 Å². The van der Waals surface area contributed by atoms with Crippen molar-refractivity contribution in [2.24, 2.45) is 0 Å². The Hall–Kier alpha value is -3.38. The van der Waals surface area contributed by atoms with Gasteiger partial charge in [0.1, 0.15) is 11.6 Å². The maximum absolute atomic E-state index is 13.6. The number of aromatic nitrogens is 3. The van der Waals surface area contributed by atoms with Gasteiger partial charge in [-0.2, -0.15) is 0 Å². The molecule has 2 heterocycles. The van der Waals surface area contributed by atoms with Crippen molar-refractivity contribution in [1.29, 1.82) is 0 Å². The fraction of sp³-hybridized carbons (Fsp3) is 0.296. The minimum absolute atomic E-state index is 0.194. The molecule has 168 valence electrons. The number of halogens is 1. The number of aryl methyl sites for hydroxylation is 2. The van der Waals surface area contributed by atoms with Crippen LogP contribution in [-0.4, -0.2) is 32.2 Å². The van der Waals surface area contributed by atoms with Gasteiger partial charge in [0.2, 0.25) is 0 Å². The van der Waals surface area contributed by atoms with Crippen LogP contribution >= 0.6 is 0 Å². The van der Waals surface area contributed by atoms with Crippen molar-refractivity contribution in [2.75, 3.05) is 5.32 Å². The number of pyridine rings is 1. The molecule has 33 heavy (non-hydrogen) atoms. The second-order valence-corrected chi connectivity index (χ2v) is 8.93. The van der Waals surface area contributed by atoms with Gasteiger partial charge in [0, 0.05) is 23.4 Å². The molecule has 2 N–H and O–H groups in total. The Kier molecular flexibility index (Phi) is 5.77. The largest absolute Gasteiger partial charge is 0.393 e. The Balaban J connectivity index is 1.59. The van der Waals surface area contributed by atoms with Crippen LogP contribution in [0.25, 0.3) is 33.5 Å². The number of fused-ring (bicyclic) bond motifs is 1. The lowest BCUT2D eigenvalue weighted by molar-refractivity contribution is 0.126. The number of nitrogens with one attached hydrogen (secondary N) is 1. The standard InChI is InChI=1S/C27H27FN4O/c1-16-13-23-24(14-17(16)2)32-27(26(31-23)18-3-5-20(28)6-4-18)19-11-12-29-25(15-19)30-21-7-9-22(33)10-8-21/h3-6,11-15,21-22,33H,7-10H2,1-2H3,(H,29,30). The van der Waals surface area contributed by atoms with Crippen molar-refractivity contribution in [3.05, 3.63) is 71.7 Å². The molecular formula is C27H27FN4O. The third kappa shape index (κ3) is 4.57. The summed E-state index contributed by atoms with van der Waals surface area (Å²) in [6.45, 7) is 4.13. The zero-order valence-electron chi connectivity index (χ0n) is 18.8. The van der Waals surface area contributed by atoms with Gasteiger partial charge in [0.05, 0.1) is 28.5 Å². The van der Waals surface area contributed by atoms with Gasteiger partial charge in [0.25, 0.3) is 0 Å². The summed E-state index contributed by atoms with van der Waals surface area (Å²) >= 11 is 0. The first-order chi connectivity index (χ1) is 16.0. The fourth-order valence-electron chi connectivity index (χ4n) is 4.41. The van der Waals surface area contributed by atoms with Crippen molar-refractivity contribution in [1.82, 2.24) is 15.0 Å². The lowest BCUT2D eigenvalue weighted by Crippen LogP contribution is -2.28. The number of benzene rings is 2. The average molecular weight is 443 g/mol. The van der Waals surface area contributed by atoms with Crippen LogP contribution in [-0.2, 0) is 0 Å². The van der Waals surface area contributed by atoms with Crippen LogP contribution in [0.5, 0.6) is 0 Å². The molecule has 6 heteroatoms. The lowest BCUT2D eigenvalue weighted by atomic mass is 9.93. The van der Waals surface area contributed by atoms with Gasteiger partial charge in [-0.1, -0.05) is 0 Å². The third-order valence-electron chi connectivity index (χ3n) is 6.48. The maximum atomic E-state index is 13.6. The number of hydrogen-bond acceptors (Lipinski definition) is 5. The van der Waals surface area contributed by atoms with E-state index in [0.717, 1.165) is 70.5 Å². The summed E-state index contributed by atoms with van der Waals surface area (Å²) in [7, 11) is 0. The highest BCUT2D eigenvalue weighted by Gasteiger charge is 2.20. The Morgan fingerprint density at radius 1 is 0.818 bits per heavy atom. The summed E-state index contributed by atoms with van der Waals surface area (Å²) in [5.41, 5.74) is 7.12. The van der Waals surface area contributed by atoms with E-state index >= 15 is 0 Å². The average Bonchev–Trinajstić information content (AvgIpc) is 2.81. The molecule has 1 aliphatic carbocycles. The van der Waals surface area contributed by atoms with Gasteiger partial charge in [-0.15, -0.1) is 0 Å². The van der Waals surface area contributed by atoms with Gasteiger partial charge >= 0.3 is 0 Å². The zero-order valence-corrected chi connectivity index (χ0v) is 18.8. The number of nitrogens with zero attached hydrogens (tertiary/aromatic N) is 3. The summed E-state index contributed by atoms with van der Waals surface area (Å²) in [5.74, 6) is 0.495. The molecule has 0 unspecified atom stereocenters. The predicted octanol–water partition coefficient (Wildman–Crippen LogP) is 5.83. The molecule has 0 radical (unpaired) electrons. The van der Waals surface area contributed by atoms with Crippen molar-refractivity contribution >= 4 is 16.9 Å². The van der Waals surface area contributed by atoms with Crippen LogP contribution in [0.2, 0.25) is 0 Å². The van der Waals surface area contributed by atoms with Gasteiger partial charge in [-0.25, -0.2) is 19.3 Å². The Bertz CT molecular complexity index is 1300. The van der Waals surface area contributed by atoms with Crippen LogP contribution in [0.4, 0.5) is 10.2 Å². The van der Waals surface area contributed by atoms with E-state index in [1.165, 1.54) is 12.1 Å². The molecule has 5 rings (SSSR count). The second kappa shape index (κ2) is 8.87. The normalized spacial score (nSPS) is 18.4. The summed E-state index contributed by atoms with van der Waals surface area (Å²) < 4.78 is 13.6. The summed E-state index contributed by atoms with van der Waals surface area (Å²) in [6, 6.07) is 14.7. The van der Waals surface area contributed by atoms with E-state index in [4.69, 9.17) is 9.97 Å². The highest BCUT2D eigenvalue weighted by atomic mass is 19.1. The van der Waals surface area contributed by atoms with E-state index in [0.29, 0.717) is 11.7 Å². The fourth-order valence-corrected chi connectivity index (χ4v) is 4.41. The number of hydrogen-bond donors (Lipinski definition) is 2. The molecule has 0 spiro atoms. The molecule has 4 aromatic rings. The van der Waals surface area contributed by atoms with Crippen molar-refractivity contribution in [3.8, 4) is 22.5 Å². The molecule has 0 atom stereocenters. The molecule has 1 fully saturated rings. The molecule has 2 aromatic carbocycles. The van der Waals surface area contributed by atoms with Crippen LogP contribution in [0.1, 0.15) is 36.8 Å². The molecule has 1 aliphatic rings. The molecule has 0 aliphatic heterocycles. The van der Waals surface area contributed by atoms with Crippen molar-refractivity contribution in [3.63, 3.8) is 0 Å².